The van der Waals surface area contributed by atoms with Crippen LogP contribution in [0.25, 0.3) is 17.0 Å². The van der Waals surface area contributed by atoms with Gasteiger partial charge in [0.05, 0.1) is 27.1 Å². The van der Waals surface area contributed by atoms with Crippen LogP contribution in [0, 0.1) is 12.7 Å². The predicted molar refractivity (Wildman–Crippen MR) is 136 cm³/mol. The van der Waals surface area contributed by atoms with Gasteiger partial charge in [0, 0.05) is 17.2 Å². The van der Waals surface area contributed by atoms with Crippen LogP contribution < -0.4 is 14.6 Å². The molecule has 2 aromatic heterocycles. The average Bonchev–Trinajstić information content (AvgIpc) is 3.33. The molecule has 0 radical (unpaired) electrons. The quantitative estimate of drug-likeness (QED) is 0.278. The van der Waals surface area contributed by atoms with Crippen LogP contribution in [0.4, 0.5) is 10.1 Å². The SMILES string of the molecule is CCc1nn(-c2ccc(Cl)c(Cl)c2)c([O-])c1C1=C([n+]2cccc(C)c2)C(=O)N(c2ccc(F)cc2)C1=O. The number of halogens is 3. The zero-order valence-electron chi connectivity index (χ0n) is 19.7. The fraction of sp³-hybridized carbons (Fsp3) is 0.111. The molecule has 0 saturated heterocycles. The second-order valence-corrected chi connectivity index (χ2v) is 9.24. The number of amides is 2. The Bertz CT molecular complexity index is 1610. The lowest BCUT2D eigenvalue weighted by Gasteiger charge is -2.16. The fourth-order valence-corrected chi connectivity index (χ4v) is 4.57. The highest BCUT2D eigenvalue weighted by atomic mass is 35.5. The van der Waals surface area contributed by atoms with Crippen LogP contribution in [0.5, 0.6) is 5.88 Å². The number of hydrogen-bond acceptors (Lipinski definition) is 4. The number of rotatable bonds is 5. The molecule has 2 amide bonds. The summed E-state index contributed by atoms with van der Waals surface area (Å²) >= 11 is 12.2. The summed E-state index contributed by atoms with van der Waals surface area (Å²) in [6.07, 6.45) is 3.63. The number of nitrogens with zero attached hydrogens (tertiary/aromatic N) is 4. The van der Waals surface area contributed by atoms with Crippen LogP contribution in [0.1, 0.15) is 23.7 Å². The van der Waals surface area contributed by atoms with Gasteiger partial charge in [0.2, 0.25) is 0 Å². The van der Waals surface area contributed by atoms with Gasteiger partial charge in [-0.2, -0.15) is 9.67 Å². The molecule has 10 heteroatoms. The Hall–Kier alpha value is -4.01. The van der Waals surface area contributed by atoms with E-state index in [1.165, 1.54) is 22.8 Å². The molecule has 0 fully saturated rings. The number of aromatic nitrogens is 3. The zero-order chi connectivity index (χ0) is 26.4. The van der Waals surface area contributed by atoms with Crippen molar-refractivity contribution in [3.63, 3.8) is 0 Å². The summed E-state index contributed by atoms with van der Waals surface area (Å²) in [4.78, 5) is 28.5. The number of anilines is 1. The number of pyridine rings is 1. The summed E-state index contributed by atoms with van der Waals surface area (Å²) in [6, 6.07) is 13.2. The highest BCUT2D eigenvalue weighted by Gasteiger charge is 2.47. The Labute approximate surface area is 221 Å². The molecule has 0 bridgehead atoms. The van der Waals surface area contributed by atoms with E-state index in [0.717, 1.165) is 27.3 Å². The summed E-state index contributed by atoms with van der Waals surface area (Å²) in [7, 11) is 0. The summed E-state index contributed by atoms with van der Waals surface area (Å²) in [5.74, 6) is -2.45. The summed E-state index contributed by atoms with van der Waals surface area (Å²) in [5, 5.41) is 18.8. The van der Waals surface area contributed by atoms with E-state index in [1.54, 1.807) is 37.5 Å². The third kappa shape index (κ3) is 4.18. The van der Waals surface area contributed by atoms with Gasteiger partial charge >= 0.3 is 5.91 Å². The number of carbonyl (C=O) groups is 2. The molecule has 0 unspecified atom stereocenters. The maximum atomic E-state index is 13.9. The van der Waals surface area contributed by atoms with Crippen LogP contribution in [0.2, 0.25) is 10.0 Å². The molecule has 0 aliphatic carbocycles. The van der Waals surface area contributed by atoms with E-state index in [-0.39, 0.29) is 27.5 Å². The van der Waals surface area contributed by atoms with Gasteiger partial charge in [0.15, 0.2) is 12.4 Å². The standard InChI is InChI=1S/C27H19Cl2FN4O3/c1-3-21-22(26(36)34(31-21)18-10-11-19(28)20(29)13-18)23-24(32-12-4-5-15(2)14-32)27(37)33(25(23)35)17-8-6-16(30)7-9-17/h4-14H,3H2,1-2H3. The highest BCUT2D eigenvalue weighted by Crippen LogP contribution is 2.39. The minimum absolute atomic E-state index is 0.00138. The lowest BCUT2D eigenvalue weighted by molar-refractivity contribution is -0.577. The molecule has 0 spiro atoms. The monoisotopic (exact) mass is 536 g/mol. The molecule has 4 aromatic rings. The topological polar surface area (TPSA) is 82.1 Å². The van der Waals surface area contributed by atoms with Crippen molar-refractivity contribution < 1.29 is 23.7 Å². The molecular formula is C27H19Cl2FN4O3. The van der Waals surface area contributed by atoms with Crippen LogP contribution in [0.3, 0.4) is 0 Å². The summed E-state index contributed by atoms with van der Waals surface area (Å²) < 4.78 is 16.2. The van der Waals surface area contributed by atoms with E-state index < -0.39 is 23.5 Å². The second-order valence-electron chi connectivity index (χ2n) is 8.42. The van der Waals surface area contributed by atoms with Gasteiger partial charge in [0.25, 0.3) is 11.6 Å². The molecule has 0 N–H and O–H groups in total. The Kier molecular flexibility index (Phi) is 6.31. The van der Waals surface area contributed by atoms with E-state index >= 15 is 0 Å². The lowest BCUT2D eigenvalue weighted by atomic mass is 10.0. The van der Waals surface area contributed by atoms with E-state index in [1.807, 2.05) is 13.0 Å². The van der Waals surface area contributed by atoms with Crippen molar-refractivity contribution >= 4 is 52.0 Å². The van der Waals surface area contributed by atoms with Gasteiger partial charge in [-0.25, -0.2) is 14.0 Å². The lowest BCUT2D eigenvalue weighted by Crippen LogP contribution is -2.39. The second kappa shape index (κ2) is 9.46. The Morgan fingerprint density at radius 3 is 2.35 bits per heavy atom. The molecule has 1 aliphatic heterocycles. The normalized spacial score (nSPS) is 13.7. The average molecular weight is 537 g/mol. The molecule has 0 saturated carbocycles. The van der Waals surface area contributed by atoms with Crippen LogP contribution in [0.15, 0.2) is 67.0 Å². The minimum Gasteiger partial charge on any atom is -0.858 e. The van der Waals surface area contributed by atoms with Crippen LogP contribution in [-0.2, 0) is 16.0 Å². The number of aryl methyl sites for hydroxylation is 2. The van der Waals surface area contributed by atoms with E-state index in [4.69, 9.17) is 23.2 Å². The van der Waals surface area contributed by atoms with Gasteiger partial charge in [-0.15, -0.1) is 0 Å². The largest absolute Gasteiger partial charge is 0.858 e. The number of hydrogen-bond donors (Lipinski definition) is 0. The van der Waals surface area contributed by atoms with Crippen LogP contribution in [-0.4, -0.2) is 21.6 Å². The van der Waals surface area contributed by atoms with Crippen molar-refractivity contribution in [2.24, 2.45) is 0 Å². The predicted octanol–water partition coefficient (Wildman–Crippen LogP) is 4.49. The van der Waals surface area contributed by atoms with Crippen molar-refractivity contribution in [1.82, 2.24) is 9.78 Å². The Morgan fingerprint density at radius 2 is 1.70 bits per heavy atom. The van der Waals surface area contributed by atoms with Gasteiger partial charge in [0.1, 0.15) is 11.4 Å². The Balaban J connectivity index is 1.77. The smallest absolute Gasteiger partial charge is 0.331 e. The van der Waals surface area contributed by atoms with Crippen molar-refractivity contribution in [3.05, 3.63) is 99.7 Å². The first-order valence-electron chi connectivity index (χ1n) is 11.3. The van der Waals surface area contributed by atoms with Crippen molar-refractivity contribution in [3.8, 4) is 11.6 Å². The first kappa shape index (κ1) is 24.7. The first-order valence-corrected chi connectivity index (χ1v) is 12.1. The minimum atomic E-state index is -0.707. The maximum absolute atomic E-state index is 13.9. The number of benzene rings is 2. The third-order valence-electron chi connectivity index (χ3n) is 6.00. The first-order chi connectivity index (χ1) is 17.7. The summed E-state index contributed by atoms with van der Waals surface area (Å²) in [5.41, 5.74) is 1.63. The molecule has 2 aromatic carbocycles. The fourth-order valence-electron chi connectivity index (χ4n) is 4.28. The molecule has 3 heterocycles. The zero-order valence-corrected chi connectivity index (χ0v) is 21.2. The number of imide groups is 1. The van der Waals surface area contributed by atoms with Gasteiger partial charge in [-0.1, -0.05) is 30.1 Å². The molecule has 7 nitrogen and oxygen atoms in total. The van der Waals surface area contributed by atoms with Gasteiger partial charge < -0.3 is 5.11 Å². The summed E-state index contributed by atoms with van der Waals surface area (Å²) in [6.45, 7) is 3.64. The van der Waals surface area contributed by atoms with Gasteiger partial charge in [-0.05, 0) is 67.8 Å². The number of carbonyl (C=O) groups excluding carboxylic acids is 2. The molecule has 37 heavy (non-hydrogen) atoms. The van der Waals surface area contributed by atoms with Crippen molar-refractivity contribution in [1.29, 1.82) is 0 Å². The molecule has 186 valence electrons. The molecule has 1 aliphatic rings. The Morgan fingerprint density at radius 1 is 1.00 bits per heavy atom. The van der Waals surface area contributed by atoms with E-state index in [2.05, 4.69) is 5.10 Å². The molecule has 0 atom stereocenters. The highest BCUT2D eigenvalue weighted by molar-refractivity contribution is 6.53. The molecular weight excluding hydrogens is 518 g/mol. The van der Waals surface area contributed by atoms with Crippen molar-refractivity contribution in [2.45, 2.75) is 20.3 Å². The van der Waals surface area contributed by atoms with E-state index in [0.29, 0.717) is 22.8 Å². The maximum Gasteiger partial charge on any atom is 0.331 e. The van der Waals surface area contributed by atoms with Crippen molar-refractivity contribution in [2.75, 3.05) is 4.90 Å². The third-order valence-corrected chi connectivity index (χ3v) is 6.74. The van der Waals surface area contributed by atoms with Crippen LogP contribution >= 0.6 is 23.2 Å². The van der Waals surface area contributed by atoms with E-state index in [9.17, 15) is 19.1 Å². The molecule has 5 rings (SSSR count). The van der Waals surface area contributed by atoms with Gasteiger partial charge in [-0.3, -0.25) is 9.59 Å².